The van der Waals surface area contributed by atoms with Crippen molar-refractivity contribution in [2.45, 2.75) is 84.2 Å². The fourth-order valence-electron chi connectivity index (χ4n) is 4.62. The highest BCUT2D eigenvalue weighted by Gasteiger charge is 2.40. The Labute approximate surface area is 240 Å². The number of ether oxygens (including phenoxy) is 2. The Morgan fingerprint density at radius 3 is 2.20 bits per heavy atom. The molecule has 0 saturated carbocycles. The third kappa shape index (κ3) is 6.89. The van der Waals surface area contributed by atoms with E-state index in [9.17, 15) is 18.0 Å². The number of nitrogens with zero attached hydrogens (tertiary/aromatic N) is 3. The summed E-state index contributed by atoms with van der Waals surface area (Å²) in [6.45, 7) is 17.9. The Balaban J connectivity index is 1.77. The summed E-state index contributed by atoms with van der Waals surface area (Å²) in [5.74, 6) is -0.253. The monoisotopic (exact) mass is 591 g/mol. The van der Waals surface area contributed by atoms with Gasteiger partial charge in [-0.15, -0.1) is 13.2 Å². The van der Waals surface area contributed by atoms with Gasteiger partial charge in [0.05, 0.1) is 24.0 Å². The summed E-state index contributed by atoms with van der Waals surface area (Å²) in [5, 5.41) is 0.0168. The van der Waals surface area contributed by atoms with Crippen LogP contribution in [0.5, 0.6) is 5.75 Å². The van der Waals surface area contributed by atoms with Crippen LogP contribution in [0.4, 0.5) is 18.0 Å². The van der Waals surface area contributed by atoms with Crippen LogP contribution in [0.15, 0.2) is 36.7 Å². The molecule has 0 spiro atoms. The van der Waals surface area contributed by atoms with E-state index in [0.717, 1.165) is 27.7 Å². The van der Waals surface area contributed by atoms with Crippen LogP contribution in [0, 0.1) is 0 Å². The summed E-state index contributed by atoms with van der Waals surface area (Å²) in [7, 11) is -0.180. The van der Waals surface area contributed by atoms with Crippen molar-refractivity contribution < 1.29 is 31.9 Å². The molecule has 1 amide bonds. The summed E-state index contributed by atoms with van der Waals surface area (Å²) >= 11 is 0. The Hall–Kier alpha value is -3.05. The van der Waals surface area contributed by atoms with Gasteiger partial charge in [0.2, 0.25) is 0 Å². The fraction of sp³-hybridized carbons (Fsp3) is 0.533. The average Bonchev–Trinajstić information content (AvgIpc) is 3.16. The van der Waals surface area contributed by atoms with E-state index >= 15 is 0 Å². The third-order valence-electron chi connectivity index (χ3n) is 7.88. The predicted octanol–water partition coefficient (Wildman–Crippen LogP) is 8.00. The fourth-order valence-corrected chi connectivity index (χ4v) is 5.56. The molecular weight excluding hydrogens is 551 g/mol. The highest BCUT2D eigenvalue weighted by Crippen LogP contribution is 2.42. The molecule has 4 rings (SSSR count). The summed E-state index contributed by atoms with van der Waals surface area (Å²) in [6.07, 6.45) is -3.38. The van der Waals surface area contributed by atoms with E-state index in [2.05, 4.69) is 49.7 Å². The van der Waals surface area contributed by atoms with Crippen molar-refractivity contribution in [3.8, 4) is 16.9 Å². The molecular formula is C30H40F3N3O4Si. The summed E-state index contributed by atoms with van der Waals surface area (Å²) in [6, 6.07) is 7.87. The second-order valence-corrected chi connectivity index (χ2v) is 18.1. The minimum Gasteiger partial charge on any atom is -0.444 e. The van der Waals surface area contributed by atoms with Gasteiger partial charge in [0.25, 0.3) is 0 Å². The number of likely N-dealkylation sites (tertiary alicyclic amines) is 1. The second-order valence-electron chi connectivity index (χ2n) is 13.2. The number of alkyl halides is 3. The van der Waals surface area contributed by atoms with E-state index in [1.165, 1.54) is 12.1 Å². The van der Waals surface area contributed by atoms with E-state index in [1.807, 2.05) is 32.4 Å². The molecule has 0 atom stereocenters. The predicted molar refractivity (Wildman–Crippen MR) is 155 cm³/mol. The number of carbonyl (C=O) groups is 1. The molecule has 1 aromatic heterocycles. The normalized spacial score (nSPS) is 15.3. The molecule has 1 aliphatic rings. The summed E-state index contributed by atoms with van der Waals surface area (Å²) in [4.78, 5) is 19.1. The molecule has 1 fully saturated rings. The zero-order valence-corrected chi connectivity index (χ0v) is 26.3. The maximum absolute atomic E-state index is 12.7. The van der Waals surface area contributed by atoms with E-state index in [4.69, 9.17) is 9.16 Å². The second kappa shape index (κ2) is 10.7. The largest absolute Gasteiger partial charge is 0.573 e. The van der Waals surface area contributed by atoms with Crippen LogP contribution in [-0.4, -0.2) is 53.9 Å². The van der Waals surface area contributed by atoms with E-state index < -0.39 is 20.3 Å². The number of fused-ring (bicyclic) bond motifs is 1. The molecule has 11 heteroatoms. The van der Waals surface area contributed by atoms with E-state index in [0.29, 0.717) is 25.3 Å². The van der Waals surface area contributed by atoms with Crippen LogP contribution in [-0.2, 0) is 22.8 Å². The number of aryl methyl sites for hydroxylation is 1. The minimum absolute atomic E-state index is 0.0168. The van der Waals surface area contributed by atoms with Crippen LogP contribution in [0.25, 0.3) is 22.2 Å². The van der Waals surface area contributed by atoms with Gasteiger partial charge in [0.15, 0.2) is 8.32 Å². The van der Waals surface area contributed by atoms with Crippen molar-refractivity contribution in [3.05, 3.63) is 47.8 Å². The van der Waals surface area contributed by atoms with Crippen LogP contribution in [0.3, 0.4) is 0 Å². The number of imidazole rings is 1. The first-order chi connectivity index (χ1) is 18.8. The number of carbonyl (C=O) groups excluding carboxylic acids is 1. The van der Waals surface area contributed by atoms with Crippen molar-refractivity contribution in [3.63, 3.8) is 0 Å². The van der Waals surface area contributed by atoms with Crippen LogP contribution in [0.2, 0.25) is 18.1 Å². The number of hydrogen-bond acceptors (Lipinski definition) is 5. The lowest BCUT2D eigenvalue weighted by atomic mass is 9.85. The number of halogens is 3. The highest BCUT2D eigenvalue weighted by molar-refractivity contribution is 6.74. The minimum atomic E-state index is -4.76. The maximum atomic E-state index is 12.7. The lowest BCUT2D eigenvalue weighted by molar-refractivity contribution is -0.274. The van der Waals surface area contributed by atoms with E-state index in [1.54, 1.807) is 23.4 Å². The Kier molecular flexibility index (Phi) is 8.03. The van der Waals surface area contributed by atoms with Gasteiger partial charge in [-0.1, -0.05) is 32.9 Å². The number of aromatic nitrogens is 2. The molecule has 0 radical (unpaired) electrons. The average molecular weight is 592 g/mol. The molecule has 3 aromatic rings. The van der Waals surface area contributed by atoms with Crippen LogP contribution in [0.1, 0.15) is 58.6 Å². The molecule has 41 heavy (non-hydrogen) atoms. The quantitative estimate of drug-likeness (QED) is 0.272. The Morgan fingerprint density at radius 1 is 1.05 bits per heavy atom. The lowest BCUT2D eigenvalue weighted by Crippen LogP contribution is -2.50. The molecule has 0 unspecified atom stereocenters. The number of hydrogen-bond donors (Lipinski definition) is 0. The standard InChI is InChI=1S/C30H40F3N3O4Si/c1-28(2,3)40-27(37)36-15-20(16-36)22-14-23(19-10-12-21(13-11-19)39-30(31,32)33)25-26(35(7)18-34-25)24(22)17-38-41(8,9)29(4,5)6/h10-14,18,20H,15-17H2,1-9H3. The van der Waals surface area contributed by atoms with Crippen LogP contribution < -0.4 is 4.74 Å². The molecule has 1 aliphatic heterocycles. The SMILES string of the molecule is Cn1cnc2c(-c3ccc(OC(F)(F)F)cc3)cc(C3CN(C(=O)OC(C)(C)C)C3)c(CO[Si](C)(C)C(C)(C)C)c21. The third-order valence-corrected chi connectivity index (χ3v) is 12.4. The molecule has 224 valence electrons. The smallest absolute Gasteiger partial charge is 0.444 e. The first kappa shape index (κ1) is 30.9. The Morgan fingerprint density at radius 2 is 1.66 bits per heavy atom. The van der Waals surface area contributed by atoms with Gasteiger partial charge in [-0.3, -0.25) is 0 Å². The van der Waals surface area contributed by atoms with Crippen molar-refractivity contribution in [1.82, 2.24) is 14.5 Å². The van der Waals surface area contributed by atoms with Gasteiger partial charge < -0.3 is 23.4 Å². The summed E-state index contributed by atoms with van der Waals surface area (Å²) < 4.78 is 56.5. The van der Waals surface area contributed by atoms with Gasteiger partial charge >= 0.3 is 12.5 Å². The van der Waals surface area contributed by atoms with Gasteiger partial charge in [-0.25, -0.2) is 9.78 Å². The molecule has 0 N–H and O–H groups in total. The van der Waals surface area contributed by atoms with Gasteiger partial charge in [-0.2, -0.15) is 0 Å². The molecule has 0 bridgehead atoms. The molecule has 2 aromatic carbocycles. The topological polar surface area (TPSA) is 65.8 Å². The van der Waals surface area contributed by atoms with Crippen molar-refractivity contribution in [1.29, 1.82) is 0 Å². The molecule has 2 heterocycles. The number of amides is 1. The van der Waals surface area contributed by atoms with Crippen molar-refractivity contribution in [2.24, 2.45) is 7.05 Å². The number of benzene rings is 2. The van der Waals surface area contributed by atoms with Gasteiger partial charge in [-0.05, 0) is 68.2 Å². The first-order valence-electron chi connectivity index (χ1n) is 13.7. The highest BCUT2D eigenvalue weighted by atomic mass is 28.4. The first-order valence-corrected chi connectivity index (χ1v) is 16.6. The molecule has 1 saturated heterocycles. The number of rotatable bonds is 6. The lowest BCUT2D eigenvalue weighted by Gasteiger charge is -2.41. The molecule has 0 aliphatic carbocycles. The Bertz CT molecular complexity index is 1410. The van der Waals surface area contributed by atoms with E-state index in [-0.39, 0.29) is 22.8 Å². The van der Waals surface area contributed by atoms with Crippen molar-refractivity contribution in [2.75, 3.05) is 13.1 Å². The van der Waals surface area contributed by atoms with Crippen LogP contribution >= 0.6 is 0 Å². The van der Waals surface area contributed by atoms with Gasteiger partial charge in [0, 0.05) is 37.2 Å². The summed E-state index contributed by atoms with van der Waals surface area (Å²) in [5.41, 5.74) is 4.60. The maximum Gasteiger partial charge on any atom is 0.573 e. The zero-order valence-electron chi connectivity index (χ0n) is 25.3. The van der Waals surface area contributed by atoms with Gasteiger partial charge in [0.1, 0.15) is 11.4 Å². The van der Waals surface area contributed by atoms with Crippen molar-refractivity contribution >= 4 is 25.4 Å². The molecule has 7 nitrogen and oxygen atoms in total. The zero-order chi connectivity index (χ0) is 30.5.